The zero-order valence-electron chi connectivity index (χ0n) is 46.2. The van der Waals surface area contributed by atoms with Gasteiger partial charge in [0.15, 0.2) is 15.5 Å². The minimum absolute atomic E-state index is 0.0155. The molecule has 1 fully saturated rings. The number of para-hydroxylation sites is 2. The number of rotatable bonds is 34. The van der Waals surface area contributed by atoms with Crippen LogP contribution in [0.5, 0.6) is 11.8 Å². The van der Waals surface area contributed by atoms with Crippen molar-refractivity contribution >= 4 is 43.0 Å². The van der Waals surface area contributed by atoms with Crippen molar-refractivity contribution in [3.8, 4) is 22.9 Å². The Hall–Kier alpha value is -6.96. The maximum absolute atomic E-state index is 15.3. The van der Waals surface area contributed by atoms with Gasteiger partial charge in [-0.05, 0) is 80.3 Å². The molecule has 6 rings (SSSR count). The summed E-state index contributed by atoms with van der Waals surface area (Å²) < 4.78 is 138. The first kappa shape index (κ1) is 65.2. The van der Waals surface area contributed by atoms with Gasteiger partial charge < -0.3 is 44.0 Å². The Morgan fingerprint density at radius 3 is 1.88 bits per heavy atom. The van der Waals surface area contributed by atoms with Gasteiger partial charge in [-0.1, -0.05) is 37.3 Å². The molecule has 0 saturated carbocycles. The van der Waals surface area contributed by atoms with Crippen molar-refractivity contribution in [2.24, 2.45) is 5.73 Å². The number of sulfonamides is 2. The maximum Gasteiger partial charge on any atom is 0.434 e. The highest BCUT2D eigenvalue weighted by Gasteiger charge is 2.41. The summed E-state index contributed by atoms with van der Waals surface area (Å²) in [6.45, 7) is 5.33. The highest BCUT2D eigenvalue weighted by atomic mass is 32.2. The maximum atomic E-state index is 15.3. The lowest BCUT2D eigenvalue weighted by Crippen LogP contribution is -2.55. The summed E-state index contributed by atoms with van der Waals surface area (Å²) in [6, 6.07) is 19.4. The summed E-state index contributed by atoms with van der Waals surface area (Å²) in [6.07, 6.45) is -3.15. The number of piperazine rings is 1. The number of hydrogen-bond donors (Lipinski definition) is 1. The third kappa shape index (κ3) is 17.3. The normalized spacial score (nSPS) is 14.1. The number of ether oxygens (including phenoxy) is 6. The van der Waals surface area contributed by atoms with Gasteiger partial charge in [0.25, 0.3) is 17.3 Å². The molecule has 83 heavy (non-hydrogen) atoms. The number of nitrogens with zero attached hydrogens (tertiary/aromatic N) is 8. The molecule has 0 radical (unpaired) electrons. The summed E-state index contributed by atoms with van der Waals surface area (Å²) in [5, 5.41) is 24.8. The molecule has 1 aliphatic heterocycles. The molecule has 452 valence electrons. The molecule has 1 aliphatic rings. The molecule has 2 aromatic heterocycles. The number of halogens is 3. The summed E-state index contributed by atoms with van der Waals surface area (Å²) in [5.74, 6) is -1.00. The van der Waals surface area contributed by atoms with Crippen molar-refractivity contribution in [3.05, 3.63) is 134 Å². The largest absolute Gasteiger partial charge is 0.478 e. The highest BCUT2D eigenvalue weighted by molar-refractivity contribution is 7.89. The number of nitro groups is 2. The Morgan fingerprint density at radius 2 is 1.30 bits per heavy atom. The number of amides is 1. The average Bonchev–Trinajstić information content (AvgIpc) is 3.14. The summed E-state index contributed by atoms with van der Waals surface area (Å²) in [5.41, 5.74) is 3.45. The van der Waals surface area contributed by atoms with Crippen LogP contribution in [0.1, 0.15) is 55.2 Å². The van der Waals surface area contributed by atoms with Gasteiger partial charge in [0.2, 0.25) is 31.8 Å². The Bertz CT molecular complexity index is 3200. The number of benzene rings is 3. The van der Waals surface area contributed by atoms with Crippen LogP contribution in [0, 0.1) is 20.2 Å². The van der Waals surface area contributed by atoms with Gasteiger partial charge >= 0.3 is 6.18 Å². The van der Waals surface area contributed by atoms with Gasteiger partial charge in [-0.25, -0.2) is 26.8 Å². The fourth-order valence-corrected chi connectivity index (χ4v) is 12.3. The number of nitro benzene ring substituents is 2. The molecule has 0 bridgehead atoms. The van der Waals surface area contributed by atoms with Crippen LogP contribution in [0.4, 0.5) is 30.2 Å². The molecule has 1 saturated heterocycles. The van der Waals surface area contributed by atoms with Crippen molar-refractivity contribution in [1.82, 2.24) is 23.5 Å². The van der Waals surface area contributed by atoms with E-state index in [2.05, 4.69) is 9.97 Å². The Kier molecular flexibility index (Phi) is 24.4. The van der Waals surface area contributed by atoms with Crippen LogP contribution in [0.3, 0.4) is 0 Å². The van der Waals surface area contributed by atoms with Crippen LogP contribution in [0.15, 0.2) is 107 Å². The van der Waals surface area contributed by atoms with Gasteiger partial charge in [-0.15, -0.1) is 0 Å². The van der Waals surface area contributed by atoms with E-state index in [-0.39, 0.29) is 89.6 Å². The van der Waals surface area contributed by atoms with Crippen molar-refractivity contribution < 1.29 is 73.1 Å². The van der Waals surface area contributed by atoms with E-state index in [4.69, 9.17) is 34.2 Å². The molecular weight excluding hydrogens is 1140 g/mol. The minimum atomic E-state index is -5.01. The molecule has 3 aromatic carbocycles. The van der Waals surface area contributed by atoms with Crippen molar-refractivity contribution in [2.75, 3.05) is 117 Å². The molecule has 24 nitrogen and oxygen atoms in total. The van der Waals surface area contributed by atoms with Crippen LogP contribution >= 0.6 is 0 Å². The third-order valence-electron chi connectivity index (χ3n) is 13.0. The van der Waals surface area contributed by atoms with Crippen molar-refractivity contribution in [3.63, 3.8) is 0 Å². The second-order valence-electron chi connectivity index (χ2n) is 18.4. The molecular formula is C54H68F3N9O15S2. The topological polar surface area (TPSA) is 292 Å². The Balaban J connectivity index is 1.37. The van der Waals surface area contributed by atoms with E-state index in [9.17, 15) is 46.6 Å². The van der Waals surface area contributed by atoms with Gasteiger partial charge in [0.1, 0.15) is 0 Å². The van der Waals surface area contributed by atoms with E-state index in [0.29, 0.717) is 56.2 Å². The molecule has 0 spiro atoms. The first-order chi connectivity index (χ1) is 39.8. The molecule has 29 heteroatoms. The van der Waals surface area contributed by atoms with Crippen LogP contribution < -0.4 is 20.1 Å². The zero-order chi connectivity index (χ0) is 60.2. The van der Waals surface area contributed by atoms with E-state index < -0.39 is 100 Å². The first-order valence-corrected chi connectivity index (χ1v) is 29.6. The molecule has 0 aliphatic carbocycles. The lowest BCUT2D eigenvalue weighted by molar-refractivity contribution is -0.388. The van der Waals surface area contributed by atoms with Gasteiger partial charge in [0.05, 0.1) is 74.9 Å². The number of hydrogen-bond acceptors (Lipinski definition) is 19. The lowest BCUT2D eigenvalue weighted by atomic mass is 9.99. The summed E-state index contributed by atoms with van der Waals surface area (Å²) >= 11 is 0. The fraction of sp³-hybridized carbons (Fsp3) is 0.463. The quantitative estimate of drug-likeness (QED) is 0.0251. The molecule has 5 aromatic rings. The molecule has 1 atom stereocenters. The molecule has 3 heterocycles. The van der Waals surface area contributed by atoms with Crippen LogP contribution in [0.25, 0.3) is 11.1 Å². The molecule has 1 unspecified atom stereocenters. The van der Waals surface area contributed by atoms with E-state index in [1.54, 1.807) is 51.1 Å². The van der Waals surface area contributed by atoms with E-state index >= 15 is 8.42 Å². The van der Waals surface area contributed by atoms with E-state index in [1.807, 2.05) is 4.90 Å². The second-order valence-corrected chi connectivity index (χ2v) is 22.2. The van der Waals surface area contributed by atoms with E-state index in [0.717, 1.165) is 38.9 Å². The van der Waals surface area contributed by atoms with Crippen molar-refractivity contribution in [2.45, 2.75) is 62.2 Å². The van der Waals surface area contributed by atoms with Gasteiger partial charge in [0, 0.05) is 101 Å². The van der Waals surface area contributed by atoms with Crippen LogP contribution in [0.2, 0.25) is 0 Å². The molecule has 1 amide bonds. The van der Waals surface area contributed by atoms with Crippen molar-refractivity contribution in [1.29, 1.82) is 0 Å². The van der Waals surface area contributed by atoms with E-state index in [1.165, 1.54) is 41.4 Å². The standard InChI is InChI=1S/C54H68F3N9O15S2/c1-4-42-39-61(53(67)44-19-21-50(80-5-2)60-51(44)54(55,56)57)25-28-64(42)45-20-18-40(43-13-11-23-59-52(43)81-6-3)37-41(45)38-63(83(74,75)49-17-10-8-15-47(49)66(70)71)27-26-62(82(72,73)48-16-9-7-14-46(48)65(68)69)24-12-29-76-31-33-78-35-36-79-34-32-77-30-22-58/h7-11,13-21,23,37,42H,4-6,12,22,24-36,38-39,58H2,1-3H3. The number of carbonyl (C=O) groups excluding carboxylic acids is 1. The van der Waals surface area contributed by atoms with Crippen LogP contribution in [-0.4, -0.2) is 174 Å². The molecule has 2 N–H and O–H groups in total. The first-order valence-electron chi connectivity index (χ1n) is 26.7. The number of anilines is 1. The summed E-state index contributed by atoms with van der Waals surface area (Å²) in [7, 11) is -9.81. The predicted molar refractivity (Wildman–Crippen MR) is 298 cm³/mol. The highest BCUT2D eigenvalue weighted by Crippen LogP contribution is 2.38. The Labute approximate surface area is 479 Å². The SMILES string of the molecule is CCOc1ccc(C(=O)N2CCN(c3ccc(-c4cccnc4OCC)cc3CN(CCN(CCCOCCOCCOCCOCCN)S(=O)(=O)c3ccccc3[N+](=O)[O-])S(=O)(=O)c3ccccc3[N+](=O)[O-])C(CC)C2)c(C(F)(F)F)n1. The number of alkyl halides is 3. The van der Waals surface area contributed by atoms with Gasteiger partial charge in [-0.2, -0.15) is 21.8 Å². The Morgan fingerprint density at radius 1 is 0.723 bits per heavy atom. The predicted octanol–water partition coefficient (Wildman–Crippen LogP) is 6.81. The number of pyridine rings is 2. The average molecular weight is 1200 g/mol. The van der Waals surface area contributed by atoms with Crippen LogP contribution in [-0.2, 0) is 51.7 Å². The minimum Gasteiger partial charge on any atom is -0.478 e. The lowest BCUT2D eigenvalue weighted by Gasteiger charge is -2.43. The summed E-state index contributed by atoms with van der Waals surface area (Å²) in [4.78, 5) is 46.9. The zero-order valence-corrected chi connectivity index (χ0v) is 47.8. The monoisotopic (exact) mass is 1200 g/mol. The fourth-order valence-electron chi connectivity index (χ4n) is 9.12. The third-order valence-corrected chi connectivity index (χ3v) is 16.9. The smallest absolute Gasteiger partial charge is 0.434 e. The second kappa shape index (κ2) is 31.1. The number of nitrogens with two attached hydrogens (primary N) is 1. The number of aromatic nitrogens is 2. The number of carbonyl (C=O) groups is 1. The van der Waals surface area contributed by atoms with Gasteiger partial charge in [-0.3, -0.25) is 25.0 Å².